The molecule has 4 amide bonds. The topological polar surface area (TPSA) is 532 Å². The summed E-state index contributed by atoms with van der Waals surface area (Å²) in [6.45, 7) is 4.25. The maximum Gasteiger partial charge on any atom is 0.524 e. The zero-order valence-corrected chi connectivity index (χ0v) is 53.0. The molecule has 1 aliphatic heterocycles. The lowest BCUT2D eigenvalue weighted by molar-refractivity contribution is -0.144. The summed E-state index contributed by atoms with van der Waals surface area (Å²) in [6.07, 6.45) is -5.44. The molecule has 9 atom stereocenters. The lowest BCUT2D eigenvalue weighted by atomic mass is 9.91. The molecule has 1 aliphatic rings. The standard InChI is InChI=1S/C57H79N10O25PS/c1-3-33(2)46(56(79)80)66-54(78)41(16-19-45(72)73)65-53(77)40(15-18-44(70)71)64-52(76)36(28-34-6-11-38(12-7-34)92-93(82,83)84)29-37(68)10-17-43(69)59-20-4-22-87-24-26-89-27-25-88-23-5-21-63-94(85,86)39-13-8-35(9-14-39)57(81)90-30-42-48(74)49(75)55(91-42)67-32-62-47-50(58)60-31-61-51(47)67/h6-9,11-14,31-33,36,40-42,46,48-49,55,63,74-75H,3-5,10,15-30H2,1-2H3,(H,59,69)(H,64,76)(H,65,77)(H,66,78)(H,70,71)(H,72,73)(H,79,80)(H2,58,60,61)(H2,82,83,84)/t33?,36-,40+,41+,42-,46+,48+,49?,55-/m1/s1. The number of hydrogen-bond donors (Lipinski definition) is 13. The van der Waals surface area contributed by atoms with Crippen molar-refractivity contribution in [3.05, 3.63) is 72.3 Å². The summed E-state index contributed by atoms with van der Waals surface area (Å²) in [5.74, 6) is -11.3. The summed E-state index contributed by atoms with van der Waals surface area (Å²) in [5, 5.41) is 59.5. The Morgan fingerprint density at radius 1 is 0.734 bits per heavy atom. The molecule has 94 heavy (non-hydrogen) atoms. The molecule has 1 fully saturated rings. The first kappa shape index (κ1) is 76.6. The van der Waals surface area contributed by atoms with Gasteiger partial charge in [0.05, 0.1) is 43.2 Å². The second-order valence-electron chi connectivity index (χ2n) is 21.6. The van der Waals surface area contributed by atoms with Gasteiger partial charge in [0.1, 0.15) is 66.4 Å². The van der Waals surface area contributed by atoms with Crippen LogP contribution in [0.4, 0.5) is 5.82 Å². The van der Waals surface area contributed by atoms with E-state index in [-0.39, 0.29) is 105 Å². The van der Waals surface area contributed by atoms with Crippen molar-refractivity contribution < 1.29 is 120 Å². The van der Waals surface area contributed by atoms with E-state index in [1.54, 1.807) is 13.8 Å². The zero-order chi connectivity index (χ0) is 69.1. The van der Waals surface area contributed by atoms with Gasteiger partial charge >= 0.3 is 31.7 Å². The van der Waals surface area contributed by atoms with E-state index in [9.17, 15) is 91.5 Å². The van der Waals surface area contributed by atoms with E-state index in [0.29, 0.717) is 24.8 Å². The highest BCUT2D eigenvalue weighted by Gasteiger charge is 2.45. The van der Waals surface area contributed by atoms with Crippen LogP contribution in [-0.4, -0.2) is 212 Å². The quantitative estimate of drug-likeness (QED) is 0.0151. The van der Waals surface area contributed by atoms with E-state index in [1.807, 2.05) is 0 Å². The number of imidazole rings is 1. The van der Waals surface area contributed by atoms with Crippen LogP contribution in [0.2, 0.25) is 0 Å². The number of anilines is 1. The Labute approximate surface area is 538 Å². The first-order chi connectivity index (χ1) is 44.6. The number of rotatable bonds is 44. The molecule has 0 saturated carbocycles. The van der Waals surface area contributed by atoms with Crippen molar-refractivity contribution in [3.8, 4) is 5.75 Å². The molecule has 2 unspecified atom stereocenters. The number of ketones is 1. The lowest BCUT2D eigenvalue weighted by Gasteiger charge is -2.26. The summed E-state index contributed by atoms with van der Waals surface area (Å²) in [4.78, 5) is 146. The van der Waals surface area contributed by atoms with Crippen LogP contribution in [0.15, 0.2) is 66.1 Å². The van der Waals surface area contributed by atoms with Crippen LogP contribution in [0.3, 0.4) is 0 Å². The minimum Gasteiger partial charge on any atom is -0.481 e. The predicted octanol–water partition coefficient (Wildman–Crippen LogP) is -0.506. The molecule has 4 aromatic rings. The molecule has 37 heteroatoms. The fraction of sp³-hybridized carbons (Fsp3) is 0.544. The van der Waals surface area contributed by atoms with Crippen LogP contribution < -0.4 is 36.2 Å². The molecule has 35 nitrogen and oxygen atoms in total. The van der Waals surface area contributed by atoms with Gasteiger partial charge < -0.3 is 80.7 Å². The van der Waals surface area contributed by atoms with Crippen LogP contribution in [0.25, 0.3) is 11.2 Å². The molecule has 5 rings (SSSR count). The van der Waals surface area contributed by atoms with Gasteiger partial charge in [-0.25, -0.2) is 42.2 Å². The van der Waals surface area contributed by atoms with Gasteiger partial charge in [-0.15, -0.1) is 0 Å². The Balaban J connectivity index is 0.970. The molecular weight excluding hydrogens is 1290 g/mol. The number of Topliss-reactive ketones (excluding diaryl/α,β-unsaturated/α-hetero) is 1. The van der Waals surface area contributed by atoms with Gasteiger partial charge in [0.25, 0.3) is 0 Å². The third kappa shape index (κ3) is 25.3. The number of carboxylic acids is 3. The first-order valence-corrected chi connectivity index (χ1v) is 32.7. The molecule has 2 aromatic carbocycles. The van der Waals surface area contributed by atoms with Crippen LogP contribution in [-0.2, 0) is 83.0 Å². The summed E-state index contributed by atoms with van der Waals surface area (Å²) in [6, 6.07) is 5.24. The number of nitrogens with one attached hydrogen (secondary N) is 5. The predicted molar refractivity (Wildman–Crippen MR) is 324 cm³/mol. The average Bonchev–Trinajstić information content (AvgIpc) is 1.62. The number of nitrogens with two attached hydrogens (primary N) is 1. The molecule has 1 saturated heterocycles. The first-order valence-electron chi connectivity index (χ1n) is 29.7. The molecule has 2 aromatic heterocycles. The number of hydrogen-bond acceptors (Lipinski definition) is 24. The summed E-state index contributed by atoms with van der Waals surface area (Å²) in [7, 11) is -8.91. The zero-order valence-electron chi connectivity index (χ0n) is 51.3. The summed E-state index contributed by atoms with van der Waals surface area (Å²) >= 11 is 0. The van der Waals surface area contributed by atoms with Crippen molar-refractivity contribution in [2.24, 2.45) is 11.8 Å². The fourth-order valence-corrected chi connectivity index (χ4v) is 10.7. The van der Waals surface area contributed by atoms with Gasteiger partial charge in [0, 0.05) is 64.3 Å². The number of carbonyl (C=O) groups is 9. The van der Waals surface area contributed by atoms with Gasteiger partial charge in [-0.1, -0.05) is 32.4 Å². The number of esters is 1. The smallest absolute Gasteiger partial charge is 0.481 e. The molecule has 0 radical (unpaired) electrons. The van der Waals surface area contributed by atoms with Gasteiger partial charge in [-0.3, -0.25) is 47.9 Å². The second-order valence-corrected chi connectivity index (χ2v) is 24.5. The van der Waals surface area contributed by atoms with E-state index >= 15 is 0 Å². The van der Waals surface area contributed by atoms with E-state index in [2.05, 4.69) is 45.5 Å². The van der Waals surface area contributed by atoms with Crippen molar-refractivity contribution >= 4 is 88.1 Å². The SMILES string of the molecule is CCC(C)[C@H](NC(=O)[C@H](CCC(=O)O)NC(=O)[C@H](CCC(=O)O)NC(=O)[C@@H](CC(=O)CCC(=O)NCCCOCCOCCOCCCNS(=O)(=O)c1ccc(C(=O)OC[C@H]2O[C@@H](n3cnc4c(N)ncnc43)C(O)[C@H]2O)cc1)Cc1ccc(OP(=O)(O)O)cc1)C(=O)O. The number of benzene rings is 2. The number of sulfonamides is 1. The van der Waals surface area contributed by atoms with Crippen molar-refractivity contribution in [3.63, 3.8) is 0 Å². The molecule has 14 N–H and O–H groups in total. The minimum atomic E-state index is -4.95. The average molecular weight is 1370 g/mol. The maximum absolute atomic E-state index is 14.0. The number of phosphoric acid groups is 1. The number of phosphoric ester groups is 1. The number of aliphatic hydroxyl groups excluding tert-OH is 2. The summed E-state index contributed by atoms with van der Waals surface area (Å²) in [5.41, 5.74) is 6.70. The Morgan fingerprint density at radius 3 is 1.90 bits per heavy atom. The van der Waals surface area contributed by atoms with Gasteiger partial charge in [0.2, 0.25) is 33.7 Å². The van der Waals surface area contributed by atoms with Crippen LogP contribution in [0.5, 0.6) is 5.75 Å². The van der Waals surface area contributed by atoms with Gasteiger partial charge in [0.15, 0.2) is 17.7 Å². The number of aliphatic carboxylic acids is 3. The Morgan fingerprint density at radius 2 is 1.32 bits per heavy atom. The molecule has 0 aliphatic carbocycles. The minimum absolute atomic E-state index is 0.0168. The molecular formula is C57H79N10O25PS. The van der Waals surface area contributed by atoms with E-state index in [0.717, 1.165) is 0 Å². The molecule has 518 valence electrons. The van der Waals surface area contributed by atoms with E-state index in [1.165, 1.54) is 65.8 Å². The van der Waals surface area contributed by atoms with Crippen LogP contribution >= 0.6 is 7.82 Å². The number of carbonyl (C=O) groups excluding carboxylic acids is 6. The van der Waals surface area contributed by atoms with Crippen LogP contribution in [0.1, 0.15) is 100 Å². The molecule has 0 spiro atoms. The third-order valence-electron chi connectivity index (χ3n) is 14.5. The van der Waals surface area contributed by atoms with Gasteiger partial charge in [-0.05, 0) is 80.0 Å². The van der Waals surface area contributed by atoms with Crippen LogP contribution in [0, 0.1) is 11.8 Å². The lowest BCUT2D eigenvalue weighted by Crippen LogP contribution is -2.57. The van der Waals surface area contributed by atoms with Crippen molar-refractivity contribution in [2.75, 3.05) is 65.1 Å². The Kier molecular flexibility index (Phi) is 30.7. The number of nitrogen functional groups attached to an aromatic ring is 1. The highest BCUT2D eigenvalue weighted by atomic mass is 32.2. The number of aromatic nitrogens is 4. The maximum atomic E-state index is 14.0. The number of aliphatic hydroxyl groups is 2. The van der Waals surface area contributed by atoms with Crippen molar-refractivity contribution in [1.82, 2.24) is 45.5 Å². The normalized spacial score (nSPS) is 17.2. The summed E-state index contributed by atoms with van der Waals surface area (Å²) < 4.78 is 73.2. The van der Waals surface area contributed by atoms with E-state index in [4.69, 9.17) is 29.4 Å². The fourth-order valence-electron chi connectivity index (χ4n) is 9.23. The van der Waals surface area contributed by atoms with E-state index < -0.39 is 164 Å². The Bertz CT molecular complexity index is 3380. The van der Waals surface area contributed by atoms with Gasteiger partial charge in [-0.2, -0.15) is 0 Å². The van der Waals surface area contributed by atoms with Crippen molar-refractivity contribution in [1.29, 1.82) is 0 Å². The number of carboxylic acid groups (broad SMARTS) is 3. The second kappa shape index (κ2) is 37.7. The third-order valence-corrected chi connectivity index (χ3v) is 16.4. The molecule has 3 heterocycles. The molecule has 0 bridgehead atoms. The highest BCUT2D eigenvalue weighted by Crippen LogP contribution is 2.38. The number of amides is 4. The monoisotopic (exact) mass is 1370 g/mol. The number of fused-ring (bicyclic) bond motifs is 1. The highest BCUT2D eigenvalue weighted by molar-refractivity contribution is 7.89. The van der Waals surface area contributed by atoms with Crippen molar-refractivity contribution in [2.45, 2.75) is 132 Å². The Hall–Kier alpha value is -8.16. The largest absolute Gasteiger partial charge is 0.524 e. The number of nitrogens with zero attached hydrogens (tertiary/aromatic N) is 4. The number of ether oxygens (including phenoxy) is 5.